The van der Waals surface area contributed by atoms with Crippen LogP contribution in [0.5, 0.6) is 46.0 Å². The summed E-state index contributed by atoms with van der Waals surface area (Å²) in [5.74, 6) is 5.54. The van der Waals surface area contributed by atoms with Crippen molar-refractivity contribution >= 4 is 0 Å². The zero-order chi connectivity index (χ0) is 33.8. The first-order chi connectivity index (χ1) is 23.0. The van der Waals surface area contributed by atoms with Crippen molar-refractivity contribution in [1.29, 1.82) is 0 Å². The summed E-state index contributed by atoms with van der Waals surface area (Å²) >= 11 is 0. The first kappa shape index (κ1) is 38.3. The first-order valence-corrected chi connectivity index (χ1v) is 16.8. The van der Waals surface area contributed by atoms with Gasteiger partial charge in [-0.15, -0.1) is 0 Å². The van der Waals surface area contributed by atoms with Crippen LogP contribution in [0.2, 0.25) is 0 Å². The van der Waals surface area contributed by atoms with E-state index in [2.05, 4.69) is 82.8 Å². The zero-order valence-electron chi connectivity index (χ0n) is 30.3. The van der Waals surface area contributed by atoms with Gasteiger partial charge in [0.1, 0.15) is 17.8 Å². The molecule has 0 fully saturated rings. The van der Waals surface area contributed by atoms with Crippen LogP contribution in [0.3, 0.4) is 0 Å². The van der Waals surface area contributed by atoms with Crippen LogP contribution in [0.15, 0.2) is 60.7 Å². The minimum atomic E-state index is 0. The summed E-state index contributed by atoms with van der Waals surface area (Å²) in [6.07, 6.45) is 3.50. The fraction of sp³-hybridized carbons (Fsp3) is 0.400. The molecule has 0 saturated heterocycles. The predicted octanol–water partition coefficient (Wildman–Crippen LogP) is 1.46. The molecule has 6 bridgehead atoms. The summed E-state index contributed by atoms with van der Waals surface area (Å²) in [4.78, 5) is 0. The lowest BCUT2D eigenvalue weighted by Gasteiger charge is -2.43. The molecule has 8 nitrogen and oxygen atoms in total. The Kier molecular flexibility index (Phi) is 11.5. The van der Waals surface area contributed by atoms with Crippen molar-refractivity contribution in [2.24, 2.45) is 0 Å². The Bertz CT molecular complexity index is 1860. The van der Waals surface area contributed by atoms with Crippen molar-refractivity contribution < 1.29 is 85.3 Å². The van der Waals surface area contributed by atoms with Crippen molar-refractivity contribution in [3.05, 3.63) is 94.0 Å². The highest BCUT2D eigenvalue weighted by molar-refractivity contribution is 5.62. The molecule has 0 aliphatic carbocycles. The van der Waals surface area contributed by atoms with E-state index >= 15 is 0 Å². The fourth-order valence-electron chi connectivity index (χ4n) is 7.95. The smallest absolute Gasteiger partial charge is 0.204 e. The Labute approximate surface area is 330 Å². The number of nitrogens with zero attached hydrogens (tertiary/aromatic N) is 2. The molecule has 268 valence electrons. The van der Waals surface area contributed by atoms with Gasteiger partial charge in [0.2, 0.25) is 5.75 Å². The maximum Gasteiger partial charge on any atom is 0.204 e. The lowest BCUT2D eigenvalue weighted by atomic mass is 9.85. The van der Waals surface area contributed by atoms with Gasteiger partial charge in [-0.05, 0) is 64.7 Å². The number of hydrogen-bond acceptors (Lipinski definition) is 6. The topological polar surface area (TPSA) is 55.4 Å². The Hall–Kier alpha value is -2.94. The van der Waals surface area contributed by atoms with E-state index < -0.39 is 0 Å². The number of fused-ring (bicyclic) bond motifs is 2. The Balaban J connectivity index is 0.00000243. The molecule has 0 radical (unpaired) electrons. The number of halogens is 2. The van der Waals surface area contributed by atoms with Crippen LogP contribution in [0, 0.1) is 0 Å². The molecule has 4 heterocycles. The molecule has 0 aromatic heterocycles. The van der Waals surface area contributed by atoms with Gasteiger partial charge in [-0.3, -0.25) is 0 Å². The quantitative estimate of drug-likeness (QED) is 0.229. The van der Waals surface area contributed by atoms with E-state index in [-0.39, 0.29) is 60.0 Å². The fourth-order valence-corrected chi connectivity index (χ4v) is 7.95. The molecule has 4 aliphatic rings. The summed E-state index contributed by atoms with van der Waals surface area (Å²) in [6.45, 7) is 2.01. The molecular formula is C40H48I2N2O6. The zero-order valence-corrected chi connectivity index (χ0v) is 34.6. The lowest BCUT2D eigenvalue weighted by Crippen LogP contribution is -3.00. The molecule has 0 N–H and O–H groups in total. The standard InChI is InChI=1S/C40H48N2O6.2HI/c1-41(2)17-15-27-22-34(44-6)36-24-30(27)31(41)19-25-9-12-29(13-10-25)47-40-38-28(23-37(45-7)39(40)46-8)16-18-42(3,4)32(38)20-26-11-14-33(43-5)35(21-26)48-36;;/h9-14,21-24,31-32H,15-20H2,1-8H3;2*1H/q+2;;/p-2/t31-,32+;;/m1../s1. The van der Waals surface area contributed by atoms with E-state index in [1.54, 1.807) is 28.4 Å². The highest BCUT2D eigenvalue weighted by Crippen LogP contribution is 2.52. The third-order valence-corrected chi connectivity index (χ3v) is 10.9. The van der Waals surface area contributed by atoms with E-state index in [1.165, 1.54) is 22.3 Å². The maximum absolute atomic E-state index is 6.86. The molecule has 4 aromatic rings. The maximum atomic E-state index is 6.86. The Morgan fingerprint density at radius 2 is 1.16 bits per heavy atom. The van der Waals surface area contributed by atoms with Gasteiger partial charge in [0.15, 0.2) is 34.5 Å². The predicted molar refractivity (Wildman–Crippen MR) is 186 cm³/mol. The highest BCUT2D eigenvalue weighted by atomic mass is 127. The molecule has 8 rings (SSSR count). The number of benzene rings is 4. The molecular weight excluding hydrogens is 858 g/mol. The second-order valence-corrected chi connectivity index (χ2v) is 14.5. The third-order valence-electron chi connectivity index (χ3n) is 10.9. The van der Waals surface area contributed by atoms with Gasteiger partial charge in [0.05, 0.1) is 75.3 Å². The van der Waals surface area contributed by atoms with Crippen molar-refractivity contribution in [3.63, 3.8) is 0 Å². The minimum Gasteiger partial charge on any atom is -1.00 e. The van der Waals surface area contributed by atoms with Crippen LogP contribution < -0.4 is 76.4 Å². The third kappa shape index (κ3) is 6.97. The molecule has 10 heteroatoms. The Morgan fingerprint density at radius 1 is 0.580 bits per heavy atom. The van der Waals surface area contributed by atoms with Gasteiger partial charge in [-0.2, -0.15) is 0 Å². The van der Waals surface area contributed by atoms with Gasteiger partial charge in [0, 0.05) is 31.2 Å². The molecule has 0 spiro atoms. The van der Waals surface area contributed by atoms with E-state index in [4.69, 9.17) is 28.4 Å². The molecule has 0 unspecified atom stereocenters. The number of hydrogen-bond donors (Lipinski definition) is 0. The normalized spacial score (nSPS) is 19.4. The molecule has 0 amide bonds. The summed E-state index contributed by atoms with van der Waals surface area (Å²) in [6, 6.07) is 21.6. The molecule has 4 aliphatic heterocycles. The van der Waals surface area contributed by atoms with Crippen molar-refractivity contribution in [3.8, 4) is 46.0 Å². The van der Waals surface area contributed by atoms with Gasteiger partial charge >= 0.3 is 0 Å². The highest BCUT2D eigenvalue weighted by Gasteiger charge is 2.41. The summed E-state index contributed by atoms with van der Waals surface area (Å²) in [5, 5.41) is 0. The first-order valence-electron chi connectivity index (χ1n) is 16.8. The second-order valence-electron chi connectivity index (χ2n) is 14.5. The second kappa shape index (κ2) is 15.0. The van der Waals surface area contributed by atoms with Crippen molar-refractivity contribution in [2.45, 2.75) is 37.8 Å². The molecule has 50 heavy (non-hydrogen) atoms. The molecule has 0 saturated carbocycles. The van der Waals surface area contributed by atoms with E-state index in [0.717, 1.165) is 76.1 Å². The van der Waals surface area contributed by atoms with Crippen LogP contribution >= 0.6 is 0 Å². The van der Waals surface area contributed by atoms with Crippen LogP contribution in [-0.4, -0.2) is 78.7 Å². The summed E-state index contributed by atoms with van der Waals surface area (Å²) in [7, 11) is 16.0. The Morgan fingerprint density at radius 3 is 1.82 bits per heavy atom. The van der Waals surface area contributed by atoms with E-state index in [9.17, 15) is 0 Å². The molecule has 4 aromatic carbocycles. The van der Waals surface area contributed by atoms with E-state index in [1.807, 2.05) is 6.07 Å². The summed E-state index contributed by atoms with van der Waals surface area (Å²) < 4.78 is 39.0. The van der Waals surface area contributed by atoms with Crippen LogP contribution in [0.1, 0.15) is 45.5 Å². The molecule has 2 atom stereocenters. The van der Waals surface area contributed by atoms with Gasteiger partial charge in [-0.1, -0.05) is 18.2 Å². The van der Waals surface area contributed by atoms with E-state index in [0.29, 0.717) is 28.7 Å². The van der Waals surface area contributed by atoms with Crippen LogP contribution in [0.25, 0.3) is 0 Å². The number of ether oxygens (including phenoxy) is 6. The number of quaternary nitrogens is 2. The number of rotatable bonds is 4. The van der Waals surface area contributed by atoms with Crippen molar-refractivity contribution in [2.75, 3.05) is 69.7 Å². The van der Waals surface area contributed by atoms with Crippen molar-refractivity contribution in [1.82, 2.24) is 0 Å². The lowest BCUT2D eigenvalue weighted by molar-refractivity contribution is -0.923. The van der Waals surface area contributed by atoms with Crippen LogP contribution in [-0.2, 0) is 25.7 Å². The average Bonchev–Trinajstić information content (AvgIpc) is 3.07. The largest absolute Gasteiger partial charge is 1.00 e. The summed E-state index contributed by atoms with van der Waals surface area (Å²) in [5.41, 5.74) is 7.34. The van der Waals surface area contributed by atoms with Gasteiger partial charge in [0.25, 0.3) is 0 Å². The number of likely N-dealkylation sites (N-methyl/N-ethyl adjacent to an activating group) is 2. The van der Waals surface area contributed by atoms with Crippen LogP contribution in [0.4, 0.5) is 0 Å². The minimum absolute atomic E-state index is 0. The monoisotopic (exact) mass is 906 g/mol. The SMILES string of the molecule is COc1ccc2cc1Oc1cc3c(cc1OC)CC[N+](C)(C)[C@@H]3Cc1ccc(cc1)Oc1c(OC)c(OC)cc3c1[C@H](C2)[N+](C)(C)CC3.[I-].[I-]. The average molecular weight is 907 g/mol. The van der Waals surface area contributed by atoms with Gasteiger partial charge < -0.3 is 85.3 Å². The number of methoxy groups -OCH3 is 4. The van der Waals surface area contributed by atoms with Gasteiger partial charge in [-0.25, -0.2) is 0 Å².